The summed E-state index contributed by atoms with van der Waals surface area (Å²) in [6.45, 7) is 10.9. The zero-order chi connectivity index (χ0) is 12.9. The maximum atomic E-state index is 6.44. The van der Waals surface area contributed by atoms with E-state index in [2.05, 4.69) is 27.7 Å². The van der Waals surface area contributed by atoms with E-state index in [4.69, 9.17) is 10.5 Å². The predicted octanol–water partition coefficient (Wildman–Crippen LogP) is 3.74. The van der Waals surface area contributed by atoms with Gasteiger partial charge in [-0.15, -0.1) is 0 Å². The van der Waals surface area contributed by atoms with E-state index in [0.29, 0.717) is 5.41 Å². The second-order valence-electron chi connectivity index (χ2n) is 7.07. The van der Waals surface area contributed by atoms with Gasteiger partial charge in [-0.25, -0.2) is 0 Å². The van der Waals surface area contributed by atoms with Crippen LogP contribution in [0.5, 0.6) is 0 Å². The molecule has 0 bridgehead atoms. The molecular formula is C15H31NO. The van der Waals surface area contributed by atoms with Gasteiger partial charge in [0, 0.05) is 18.8 Å². The van der Waals surface area contributed by atoms with Crippen LogP contribution in [0.25, 0.3) is 0 Å². The predicted molar refractivity (Wildman–Crippen MR) is 74.1 cm³/mol. The summed E-state index contributed by atoms with van der Waals surface area (Å²) < 4.78 is 5.68. The second kappa shape index (κ2) is 6.19. The smallest absolute Gasteiger partial charge is 0.0483 e. The third-order valence-corrected chi connectivity index (χ3v) is 4.18. The molecule has 0 aromatic carbocycles. The molecule has 0 atom stereocenters. The van der Waals surface area contributed by atoms with Crippen LogP contribution in [0.3, 0.4) is 0 Å². The molecule has 0 unspecified atom stereocenters. The van der Waals surface area contributed by atoms with Crippen molar-refractivity contribution in [3.8, 4) is 0 Å². The fourth-order valence-electron chi connectivity index (χ4n) is 2.37. The Bertz CT molecular complexity index is 213. The van der Waals surface area contributed by atoms with Crippen molar-refractivity contribution in [3.05, 3.63) is 0 Å². The molecule has 0 spiro atoms. The normalized spacial score (nSPS) is 22.9. The molecule has 2 nitrogen and oxygen atoms in total. The van der Waals surface area contributed by atoms with Crippen LogP contribution in [0.15, 0.2) is 0 Å². The highest BCUT2D eigenvalue weighted by Gasteiger charge is 2.34. The summed E-state index contributed by atoms with van der Waals surface area (Å²) in [5, 5.41) is 0. The lowest BCUT2D eigenvalue weighted by Gasteiger charge is -2.41. The number of hydrogen-bond acceptors (Lipinski definition) is 2. The molecule has 0 saturated heterocycles. The fraction of sp³-hybridized carbons (Fsp3) is 1.00. The maximum absolute atomic E-state index is 6.44. The zero-order valence-corrected chi connectivity index (χ0v) is 12.2. The van der Waals surface area contributed by atoms with Crippen molar-refractivity contribution in [2.75, 3.05) is 13.2 Å². The van der Waals surface area contributed by atoms with Gasteiger partial charge in [0.1, 0.15) is 0 Å². The van der Waals surface area contributed by atoms with Gasteiger partial charge >= 0.3 is 0 Å². The Labute approximate surface area is 107 Å². The molecule has 1 aliphatic rings. The summed E-state index contributed by atoms with van der Waals surface area (Å²) >= 11 is 0. The highest BCUT2D eigenvalue weighted by atomic mass is 16.5. The zero-order valence-electron chi connectivity index (χ0n) is 12.2. The molecule has 0 aromatic rings. The third-order valence-electron chi connectivity index (χ3n) is 4.18. The maximum Gasteiger partial charge on any atom is 0.0483 e. The van der Waals surface area contributed by atoms with Gasteiger partial charge in [-0.3, -0.25) is 0 Å². The number of ether oxygens (including phenoxy) is 1. The summed E-state index contributed by atoms with van der Waals surface area (Å²) in [4.78, 5) is 0. The molecule has 1 rings (SSSR count). The molecule has 0 aliphatic heterocycles. The lowest BCUT2D eigenvalue weighted by molar-refractivity contribution is 0.0823. The standard InChI is InChI=1S/C15H31NO/c1-13(2)5-11-17-12-10-15(16)8-6-14(3,4)7-9-15/h13H,5-12,16H2,1-4H3. The van der Waals surface area contributed by atoms with E-state index < -0.39 is 0 Å². The molecular weight excluding hydrogens is 210 g/mol. The average Bonchev–Trinajstić information content (AvgIpc) is 2.23. The highest BCUT2D eigenvalue weighted by molar-refractivity contribution is 4.92. The first-order chi connectivity index (χ1) is 7.83. The van der Waals surface area contributed by atoms with Crippen molar-refractivity contribution < 1.29 is 4.74 Å². The number of hydrogen-bond donors (Lipinski definition) is 1. The van der Waals surface area contributed by atoms with Gasteiger partial charge in [-0.05, 0) is 49.9 Å². The Hall–Kier alpha value is -0.0800. The van der Waals surface area contributed by atoms with Crippen molar-refractivity contribution in [3.63, 3.8) is 0 Å². The summed E-state index contributed by atoms with van der Waals surface area (Å²) in [6.07, 6.45) is 7.03. The second-order valence-corrected chi connectivity index (χ2v) is 7.07. The van der Waals surface area contributed by atoms with E-state index in [1.807, 2.05) is 0 Å². The molecule has 0 aromatic heterocycles. The minimum absolute atomic E-state index is 0.0490. The van der Waals surface area contributed by atoms with Gasteiger partial charge in [0.05, 0.1) is 0 Å². The molecule has 0 amide bonds. The first-order valence-corrected chi connectivity index (χ1v) is 7.20. The summed E-state index contributed by atoms with van der Waals surface area (Å²) in [7, 11) is 0. The molecule has 17 heavy (non-hydrogen) atoms. The minimum atomic E-state index is 0.0490. The lowest BCUT2D eigenvalue weighted by atomic mass is 9.69. The van der Waals surface area contributed by atoms with Crippen LogP contribution >= 0.6 is 0 Å². The van der Waals surface area contributed by atoms with E-state index in [-0.39, 0.29) is 5.54 Å². The van der Waals surface area contributed by atoms with E-state index >= 15 is 0 Å². The van der Waals surface area contributed by atoms with Crippen molar-refractivity contribution in [1.82, 2.24) is 0 Å². The number of rotatable bonds is 6. The summed E-state index contributed by atoms with van der Waals surface area (Å²) in [5.41, 5.74) is 6.99. The van der Waals surface area contributed by atoms with Crippen LogP contribution in [0.2, 0.25) is 0 Å². The Morgan fingerprint density at radius 3 is 2.18 bits per heavy atom. The van der Waals surface area contributed by atoms with Crippen molar-refractivity contribution in [2.45, 2.75) is 71.8 Å². The van der Waals surface area contributed by atoms with Crippen LogP contribution < -0.4 is 5.73 Å². The SMILES string of the molecule is CC(C)CCOCCC1(N)CCC(C)(C)CC1. The third kappa shape index (κ3) is 5.87. The first kappa shape index (κ1) is 15.0. The molecule has 2 N–H and O–H groups in total. The monoisotopic (exact) mass is 241 g/mol. The Morgan fingerprint density at radius 2 is 1.65 bits per heavy atom. The van der Waals surface area contributed by atoms with Crippen LogP contribution in [-0.2, 0) is 4.74 Å². The molecule has 0 heterocycles. The van der Waals surface area contributed by atoms with Gasteiger partial charge in [0.2, 0.25) is 0 Å². The number of nitrogens with two attached hydrogens (primary N) is 1. The van der Waals surface area contributed by atoms with Gasteiger partial charge in [-0.1, -0.05) is 27.7 Å². The molecule has 1 saturated carbocycles. The molecule has 102 valence electrons. The molecule has 1 fully saturated rings. The van der Waals surface area contributed by atoms with Crippen LogP contribution in [0.1, 0.15) is 66.2 Å². The average molecular weight is 241 g/mol. The van der Waals surface area contributed by atoms with Crippen molar-refractivity contribution >= 4 is 0 Å². The Morgan fingerprint density at radius 1 is 1.06 bits per heavy atom. The van der Waals surface area contributed by atoms with E-state index in [1.54, 1.807) is 0 Å². The molecule has 2 heteroatoms. The molecule has 1 aliphatic carbocycles. The topological polar surface area (TPSA) is 35.2 Å². The van der Waals surface area contributed by atoms with Gasteiger partial charge in [0.25, 0.3) is 0 Å². The Balaban J connectivity index is 2.14. The fourth-order valence-corrected chi connectivity index (χ4v) is 2.37. The summed E-state index contributed by atoms with van der Waals surface area (Å²) in [5.74, 6) is 0.734. The Kier molecular flexibility index (Phi) is 5.46. The minimum Gasteiger partial charge on any atom is -0.381 e. The lowest BCUT2D eigenvalue weighted by Crippen LogP contribution is -2.45. The quantitative estimate of drug-likeness (QED) is 0.719. The summed E-state index contributed by atoms with van der Waals surface area (Å²) in [6, 6.07) is 0. The van der Waals surface area contributed by atoms with Gasteiger partial charge in [0.15, 0.2) is 0 Å². The van der Waals surface area contributed by atoms with Gasteiger partial charge < -0.3 is 10.5 Å². The molecule has 0 radical (unpaired) electrons. The first-order valence-electron chi connectivity index (χ1n) is 7.20. The largest absolute Gasteiger partial charge is 0.381 e. The van der Waals surface area contributed by atoms with E-state index in [1.165, 1.54) is 12.8 Å². The highest BCUT2D eigenvalue weighted by Crippen LogP contribution is 2.40. The van der Waals surface area contributed by atoms with Crippen molar-refractivity contribution in [1.29, 1.82) is 0 Å². The van der Waals surface area contributed by atoms with Crippen molar-refractivity contribution in [2.24, 2.45) is 17.1 Å². The van der Waals surface area contributed by atoms with Crippen LogP contribution in [-0.4, -0.2) is 18.8 Å². The van der Waals surface area contributed by atoms with E-state index in [0.717, 1.165) is 44.8 Å². The van der Waals surface area contributed by atoms with Gasteiger partial charge in [-0.2, -0.15) is 0 Å². The van der Waals surface area contributed by atoms with Crippen LogP contribution in [0, 0.1) is 11.3 Å². The van der Waals surface area contributed by atoms with E-state index in [9.17, 15) is 0 Å². The van der Waals surface area contributed by atoms with Crippen LogP contribution in [0.4, 0.5) is 0 Å².